The first kappa shape index (κ1) is 25.9. The van der Waals surface area contributed by atoms with Crippen molar-refractivity contribution >= 4 is 0 Å². The van der Waals surface area contributed by atoms with E-state index in [1.807, 2.05) is 0 Å². The van der Waals surface area contributed by atoms with Gasteiger partial charge in [0.2, 0.25) is 0 Å². The first-order valence-corrected chi connectivity index (χ1v) is 14.0. The Morgan fingerprint density at radius 3 is 1.82 bits per heavy atom. The lowest BCUT2D eigenvalue weighted by Crippen LogP contribution is -2.07. The molecule has 0 spiro atoms. The van der Waals surface area contributed by atoms with Gasteiger partial charge in [0.25, 0.3) is 0 Å². The van der Waals surface area contributed by atoms with Crippen LogP contribution in [0.15, 0.2) is 48.5 Å². The van der Waals surface area contributed by atoms with E-state index < -0.39 is 0 Å². The van der Waals surface area contributed by atoms with Crippen LogP contribution < -0.4 is 4.74 Å². The summed E-state index contributed by atoms with van der Waals surface area (Å²) in [5.41, 5.74) is 4.05. The van der Waals surface area contributed by atoms with Crippen molar-refractivity contribution in [1.82, 2.24) is 0 Å². The van der Waals surface area contributed by atoms with Crippen LogP contribution in [0.2, 0.25) is 0 Å². The standard InChI is InChI=1S/C32H47O/c1-2-3-4-5-6-7-8-9-10-14-27-33-32-25-23-31(24-26-32)30-21-19-29(20-22-30)18-17-28-15-12-11-13-16-28/h11,19-26,28H,2-10,12-18,27H2,1H3. The molecule has 1 aliphatic rings. The highest BCUT2D eigenvalue weighted by molar-refractivity contribution is 5.64. The Kier molecular flexibility index (Phi) is 12.5. The Hall–Kier alpha value is -1.76. The van der Waals surface area contributed by atoms with Gasteiger partial charge in [0.05, 0.1) is 6.61 Å². The second-order valence-corrected chi connectivity index (χ2v) is 10.1. The van der Waals surface area contributed by atoms with Gasteiger partial charge in [-0.15, -0.1) is 0 Å². The molecule has 1 heteroatoms. The highest BCUT2D eigenvalue weighted by atomic mass is 16.5. The molecule has 1 nitrogen and oxygen atoms in total. The van der Waals surface area contributed by atoms with Crippen molar-refractivity contribution < 1.29 is 4.74 Å². The predicted molar refractivity (Wildman–Crippen MR) is 144 cm³/mol. The van der Waals surface area contributed by atoms with Crippen molar-refractivity contribution in [3.63, 3.8) is 0 Å². The van der Waals surface area contributed by atoms with E-state index in [-0.39, 0.29) is 0 Å². The smallest absolute Gasteiger partial charge is 0.119 e. The summed E-state index contributed by atoms with van der Waals surface area (Å²) in [6, 6.07) is 17.8. The van der Waals surface area contributed by atoms with Crippen LogP contribution in [0, 0.1) is 12.3 Å². The zero-order valence-electron chi connectivity index (χ0n) is 21.2. The number of unbranched alkanes of at least 4 members (excludes halogenated alkanes) is 9. The van der Waals surface area contributed by atoms with Crippen molar-refractivity contribution in [3.05, 3.63) is 60.5 Å². The van der Waals surface area contributed by atoms with E-state index in [0.717, 1.165) is 24.7 Å². The van der Waals surface area contributed by atoms with Gasteiger partial charge in [-0.05, 0) is 73.3 Å². The molecule has 3 rings (SSSR count). The monoisotopic (exact) mass is 447 g/mol. The topological polar surface area (TPSA) is 9.23 Å². The van der Waals surface area contributed by atoms with E-state index in [1.165, 1.54) is 113 Å². The molecule has 1 aliphatic carbocycles. The molecule has 0 aromatic heterocycles. The van der Waals surface area contributed by atoms with Gasteiger partial charge >= 0.3 is 0 Å². The fourth-order valence-electron chi connectivity index (χ4n) is 5.04. The van der Waals surface area contributed by atoms with Gasteiger partial charge in [-0.2, -0.15) is 0 Å². The molecule has 1 fully saturated rings. The number of aryl methyl sites for hydroxylation is 1. The second kappa shape index (κ2) is 16.0. The van der Waals surface area contributed by atoms with Crippen LogP contribution >= 0.6 is 0 Å². The molecular weight excluding hydrogens is 400 g/mol. The highest BCUT2D eigenvalue weighted by Crippen LogP contribution is 2.28. The molecule has 0 aliphatic heterocycles. The SMILES string of the molecule is CCCCCCCCCCCCOc1ccc(-c2ccc(CCC3CC[CH]CC3)cc2)cc1. The molecule has 0 atom stereocenters. The third-order valence-corrected chi connectivity index (χ3v) is 7.31. The molecule has 0 N–H and O–H groups in total. The largest absolute Gasteiger partial charge is 0.494 e. The van der Waals surface area contributed by atoms with Crippen LogP contribution in [0.3, 0.4) is 0 Å². The summed E-state index contributed by atoms with van der Waals surface area (Å²) >= 11 is 0. The third kappa shape index (κ3) is 10.4. The Morgan fingerprint density at radius 2 is 1.21 bits per heavy atom. The van der Waals surface area contributed by atoms with Crippen LogP contribution in [0.1, 0.15) is 109 Å². The van der Waals surface area contributed by atoms with Crippen LogP contribution in [-0.2, 0) is 6.42 Å². The molecule has 33 heavy (non-hydrogen) atoms. The van der Waals surface area contributed by atoms with Gasteiger partial charge in [-0.3, -0.25) is 0 Å². The third-order valence-electron chi connectivity index (χ3n) is 7.31. The quantitative estimate of drug-likeness (QED) is 0.233. The molecule has 1 saturated carbocycles. The maximum Gasteiger partial charge on any atom is 0.119 e. The lowest BCUT2D eigenvalue weighted by atomic mass is 9.85. The normalized spacial score (nSPS) is 14.5. The van der Waals surface area contributed by atoms with E-state index in [2.05, 4.69) is 61.9 Å². The van der Waals surface area contributed by atoms with Crippen LogP contribution in [0.5, 0.6) is 5.75 Å². The van der Waals surface area contributed by atoms with E-state index >= 15 is 0 Å². The van der Waals surface area contributed by atoms with Crippen LogP contribution in [-0.4, -0.2) is 6.61 Å². The maximum atomic E-state index is 5.98. The lowest BCUT2D eigenvalue weighted by molar-refractivity contribution is 0.304. The van der Waals surface area contributed by atoms with E-state index in [9.17, 15) is 0 Å². The van der Waals surface area contributed by atoms with Crippen molar-refractivity contribution in [2.24, 2.45) is 5.92 Å². The molecule has 0 unspecified atom stereocenters. The molecule has 2 aromatic carbocycles. The summed E-state index contributed by atoms with van der Waals surface area (Å²) in [7, 11) is 0. The van der Waals surface area contributed by atoms with Gasteiger partial charge < -0.3 is 4.74 Å². The van der Waals surface area contributed by atoms with Crippen molar-refractivity contribution in [2.75, 3.05) is 6.61 Å². The number of ether oxygens (including phenoxy) is 1. The maximum absolute atomic E-state index is 5.98. The summed E-state index contributed by atoms with van der Waals surface area (Å²) in [5, 5.41) is 0. The molecular formula is C32H47O. The van der Waals surface area contributed by atoms with Gasteiger partial charge in [0.15, 0.2) is 0 Å². The van der Waals surface area contributed by atoms with Crippen molar-refractivity contribution in [1.29, 1.82) is 0 Å². The van der Waals surface area contributed by atoms with Gasteiger partial charge in [0.1, 0.15) is 5.75 Å². The summed E-state index contributed by atoms with van der Waals surface area (Å²) < 4.78 is 5.98. The fourth-order valence-corrected chi connectivity index (χ4v) is 5.04. The first-order chi connectivity index (χ1) is 16.3. The second-order valence-electron chi connectivity index (χ2n) is 10.1. The van der Waals surface area contributed by atoms with E-state index in [4.69, 9.17) is 4.74 Å². The van der Waals surface area contributed by atoms with E-state index in [1.54, 1.807) is 0 Å². The molecule has 0 bridgehead atoms. The van der Waals surface area contributed by atoms with Gasteiger partial charge in [0, 0.05) is 0 Å². The Bertz CT molecular complexity index is 724. The zero-order chi connectivity index (χ0) is 23.0. The average Bonchev–Trinajstić information content (AvgIpc) is 2.87. The minimum absolute atomic E-state index is 0.837. The summed E-state index contributed by atoms with van der Waals surface area (Å²) in [4.78, 5) is 0. The van der Waals surface area contributed by atoms with Gasteiger partial charge in [-0.1, -0.05) is 114 Å². The minimum atomic E-state index is 0.837. The number of hydrogen-bond donors (Lipinski definition) is 0. The summed E-state index contributed by atoms with van der Waals surface area (Å²) in [5.74, 6) is 1.93. The Labute approximate surface area is 204 Å². The van der Waals surface area contributed by atoms with E-state index in [0.29, 0.717) is 0 Å². The first-order valence-electron chi connectivity index (χ1n) is 14.0. The zero-order valence-corrected chi connectivity index (χ0v) is 21.2. The number of rotatable bonds is 16. The highest BCUT2D eigenvalue weighted by Gasteiger charge is 2.13. The number of hydrogen-bond acceptors (Lipinski definition) is 1. The molecule has 0 heterocycles. The molecule has 181 valence electrons. The van der Waals surface area contributed by atoms with Gasteiger partial charge in [-0.25, -0.2) is 0 Å². The molecule has 0 amide bonds. The lowest BCUT2D eigenvalue weighted by Gasteiger charge is -2.21. The summed E-state index contributed by atoms with van der Waals surface area (Å²) in [6.45, 7) is 3.12. The van der Waals surface area contributed by atoms with Crippen molar-refractivity contribution in [3.8, 4) is 16.9 Å². The average molecular weight is 448 g/mol. The fraction of sp³-hybridized carbons (Fsp3) is 0.594. The minimum Gasteiger partial charge on any atom is -0.494 e. The predicted octanol–water partition coefficient (Wildman–Crippen LogP) is 9.98. The molecule has 1 radical (unpaired) electrons. The van der Waals surface area contributed by atoms with Crippen molar-refractivity contribution in [2.45, 2.75) is 110 Å². The Balaban J connectivity index is 1.28. The Morgan fingerprint density at radius 1 is 0.667 bits per heavy atom. The van der Waals surface area contributed by atoms with Crippen LogP contribution in [0.25, 0.3) is 11.1 Å². The summed E-state index contributed by atoms with van der Waals surface area (Å²) in [6.07, 6.45) is 24.1. The molecule has 2 aromatic rings. The van der Waals surface area contributed by atoms with Crippen LogP contribution in [0.4, 0.5) is 0 Å². The molecule has 0 saturated heterocycles. The number of benzene rings is 2.